The highest BCUT2D eigenvalue weighted by molar-refractivity contribution is 7.15. The zero-order valence-electron chi connectivity index (χ0n) is 14.0. The molecule has 0 radical (unpaired) electrons. The number of amides is 2. The summed E-state index contributed by atoms with van der Waals surface area (Å²) in [7, 11) is 0. The first-order valence-electron chi connectivity index (χ1n) is 8.31. The number of fused-ring (bicyclic) bond motifs is 2. The second-order valence-corrected chi connectivity index (χ2v) is 7.00. The molecular formula is C19H13N5O2S. The van der Waals surface area contributed by atoms with Gasteiger partial charge >= 0.3 is 0 Å². The number of carbonyl (C=O) groups excluding carboxylic acids is 2. The van der Waals surface area contributed by atoms with Crippen molar-refractivity contribution in [1.82, 2.24) is 14.6 Å². The van der Waals surface area contributed by atoms with E-state index < -0.39 is 0 Å². The molecule has 132 valence electrons. The predicted octanol–water partition coefficient (Wildman–Crippen LogP) is 3.20. The average Bonchev–Trinajstić information content (AvgIpc) is 3.34. The predicted molar refractivity (Wildman–Crippen MR) is 103 cm³/mol. The van der Waals surface area contributed by atoms with Crippen molar-refractivity contribution >= 4 is 39.7 Å². The van der Waals surface area contributed by atoms with E-state index in [1.165, 1.54) is 11.3 Å². The summed E-state index contributed by atoms with van der Waals surface area (Å²) in [5.41, 5.74) is 3.99. The van der Waals surface area contributed by atoms with E-state index in [0.717, 1.165) is 22.5 Å². The molecule has 2 aromatic heterocycles. The average molecular weight is 375 g/mol. The Labute approximate surface area is 157 Å². The first-order chi connectivity index (χ1) is 13.2. The molecule has 0 fully saturated rings. The molecule has 2 amide bonds. The Morgan fingerprint density at radius 1 is 1.19 bits per heavy atom. The minimum Gasteiger partial charge on any atom is -0.326 e. The van der Waals surface area contributed by atoms with Crippen molar-refractivity contribution in [3.8, 4) is 11.3 Å². The van der Waals surface area contributed by atoms with Crippen molar-refractivity contribution in [2.24, 2.45) is 0 Å². The van der Waals surface area contributed by atoms with Gasteiger partial charge in [0.2, 0.25) is 10.9 Å². The van der Waals surface area contributed by atoms with Gasteiger partial charge < -0.3 is 5.32 Å². The maximum atomic E-state index is 12.5. The zero-order chi connectivity index (χ0) is 18.4. The van der Waals surface area contributed by atoms with Crippen LogP contribution >= 0.6 is 11.3 Å². The van der Waals surface area contributed by atoms with Gasteiger partial charge in [-0.15, -0.1) is 16.4 Å². The molecule has 0 aliphatic carbocycles. The highest BCUT2D eigenvalue weighted by Gasteiger charge is 2.20. The lowest BCUT2D eigenvalue weighted by atomic mass is 10.1. The van der Waals surface area contributed by atoms with Gasteiger partial charge in [-0.2, -0.15) is 4.98 Å². The monoisotopic (exact) mass is 375 g/mol. The van der Waals surface area contributed by atoms with E-state index in [1.807, 2.05) is 35.7 Å². The maximum absolute atomic E-state index is 12.5. The van der Waals surface area contributed by atoms with Crippen molar-refractivity contribution < 1.29 is 9.59 Å². The van der Waals surface area contributed by atoms with Gasteiger partial charge in [0.25, 0.3) is 11.9 Å². The number of rotatable bonds is 3. The smallest absolute Gasteiger partial charge is 0.258 e. The van der Waals surface area contributed by atoms with Crippen LogP contribution in [0.3, 0.4) is 0 Å². The van der Waals surface area contributed by atoms with E-state index in [0.29, 0.717) is 10.5 Å². The van der Waals surface area contributed by atoms with Crippen LogP contribution in [0.4, 0.5) is 11.6 Å². The Morgan fingerprint density at radius 2 is 2.04 bits per heavy atom. The van der Waals surface area contributed by atoms with Crippen molar-refractivity contribution in [2.45, 2.75) is 6.42 Å². The quantitative estimate of drug-likeness (QED) is 0.576. The van der Waals surface area contributed by atoms with Crippen LogP contribution in [-0.2, 0) is 11.2 Å². The number of nitrogens with one attached hydrogen (secondary N) is 2. The van der Waals surface area contributed by atoms with Crippen molar-refractivity contribution in [1.29, 1.82) is 0 Å². The molecule has 0 atom stereocenters. The summed E-state index contributed by atoms with van der Waals surface area (Å²) in [6, 6.07) is 15.0. The summed E-state index contributed by atoms with van der Waals surface area (Å²) in [5.74, 6) is -0.123. The summed E-state index contributed by atoms with van der Waals surface area (Å²) >= 11 is 1.46. The van der Waals surface area contributed by atoms with Crippen molar-refractivity contribution in [2.75, 3.05) is 10.6 Å². The Balaban J connectivity index is 1.42. The molecule has 1 aliphatic heterocycles. The lowest BCUT2D eigenvalue weighted by molar-refractivity contribution is -0.115. The molecule has 1 aliphatic rings. The molecular weight excluding hydrogens is 362 g/mol. The van der Waals surface area contributed by atoms with E-state index in [-0.39, 0.29) is 24.2 Å². The van der Waals surface area contributed by atoms with Gasteiger partial charge in [-0.25, -0.2) is 4.52 Å². The number of anilines is 2. The molecule has 3 heterocycles. The highest BCUT2D eigenvalue weighted by atomic mass is 32.1. The second kappa shape index (κ2) is 6.03. The largest absolute Gasteiger partial charge is 0.326 e. The topological polar surface area (TPSA) is 88.4 Å². The lowest BCUT2D eigenvalue weighted by Gasteiger charge is -2.03. The van der Waals surface area contributed by atoms with Gasteiger partial charge in [0.15, 0.2) is 0 Å². The SMILES string of the molecule is O=C1Cc2cc(C(=O)Nc3nc4scc(-c5ccccc5)n4n3)ccc2N1. The molecule has 2 N–H and O–H groups in total. The van der Waals surface area contributed by atoms with Gasteiger partial charge in [0.05, 0.1) is 12.1 Å². The van der Waals surface area contributed by atoms with Crippen LogP contribution < -0.4 is 10.6 Å². The fourth-order valence-corrected chi connectivity index (χ4v) is 3.92. The van der Waals surface area contributed by atoms with Crippen LogP contribution in [0.25, 0.3) is 16.2 Å². The van der Waals surface area contributed by atoms with Crippen molar-refractivity contribution in [3.63, 3.8) is 0 Å². The Morgan fingerprint density at radius 3 is 2.89 bits per heavy atom. The van der Waals surface area contributed by atoms with E-state index in [1.54, 1.807) is 22.7 Å². The van der Waals surface area contributed by atoms with Crippen LogP contribution in [0.15, 0.2) is 53.9 Å². The third-order valence-corrected chi connectivity index (χ3v) is 5.19. The van der Waals surface area contributed by atoms with Gasteiger partial charge in [0, 0.05) is 22.2 Å². The maximum Gasteiger partial charge on any atom is 0.258 e. The first kappa shape index (κ1) is 15.7. The van der Waals surface area contributed by atoms with Gasteiger partial charge in [-0.1, -0.05) is 30.3 Å². The highest BCUT2D eigenvalue weighted by Crippen LogP contribution is 2.26. The molecule has 4 aromatic rings. The summed E-state index contributed by atoms with van der Waals surface area (Å²) in [4.78, 5) is 29.1. The van der Waals surface area contributed by atoms with Gasteiger partial charge in [0.1, 0.15) is 0 Å². The second-order valence-electron chi connectivity index (χ2n) is 6.17. The molecule has 5 rings (SSSR count). The molecule has 8 heteroatoms. The Bertz CT molecular complexity index is 1200. The van der Waals surface area contributed by atoms with Crippen LogP contribution in [0.2, 0.25) is 0 Å². The normalized spacial score (nSPS) is 12.8. The number of thiazole rings is 1. The standard InChI is InChI=1S/C19H13N5O2S/c25-16-9-13-8-12(6-7-14(13)20-16)17(26)21-18-22-19-24(23-18)15(10-27-19)11-4-2-1-3-5-11/h1-8,10H,9H2,(H,20,25)(H,21,23,26). The lowest BCUT2D eigenvalue weighted by Crippen LogP contribution is -2.13. The molecule has 0 spiro atoms. The fourth-order valence-electron chi connectivity index (χ4n) is 3.09. The Kier molecular flexibility index (Phi) is 3.51. The summed E-state index contributed by atoms with van der Waals surface area (Å²) < 4.78 is 1.72. The van der Waals surface area contributed by atoms with Gasteiger partial charge in [-0.05, 0) is 23.8 Å². The van der Waals surface area contributed by atoms with E-state index in [4.69, 9.17) is 0 Å². The van der Waals surface area contributed by atoms with E-state index in [9.17, 15) is 9.59 Å². The third-order valence-electron chi connectivity index (χ3n) is 4.37. The summed E-state index contributed by atoms with van der Waals surface area (Å²) in [5, 5.41) is 11.9. The molecule has 0 bridgehead atoms. The Hall–Kier alpha value is -3.52. The molecule has 0 unspecified atom stereocenters. The number of aromatic nitrogens is 3. The van der Waals surface area contributed by atoms with E-state index in [2.05, 4.69) is 20.7 Å². The van der Waals surface area contributed by atoms with Crippen LogP contribution in [-0.4, -0.2) is 26.4 Å². The molecule has 2 aromatic carbocycles. The minimum absolute atomic E-state index is 0.0630. The molecule has 0 saturated heterocycles. The number of nitrogens with zero attached hydrogens (tertiary/aromatic N) is 3. The van der Waals surface area contributed by atoms with Crippen LogP contribution in [0.5, 0.6) is 0 Å². The number of hydrogen-bond acceptors (Lipinski definition) is 5. The van der Waals surface area contributed by atoms with Gasteiger partial charge in [-0.3, -0.25) is 14.9 Å². The molecule has 7 nitrogen and oxygen atoms in total. The minimum atomic E-state index is -0.309. The zero-order valence-corrected chi connectivity index (χ0v) is 14.8. The summed E-state index contributed by atoms with van der Waals surface area (Å²) in [6.45, 7) is 0. The fraction of sp³-hybridized carbons (Fsp3) is 0.0526. The van der Waals surface area contributed by atoms with E-state index >= 15 is 0 Å². The summed E-state index contributed by atoms with van der Waals surface area (Å²) in [6.07, 6.45) is 0.287. The van der Waals surface area contributed by atoms with Crippen LogP contribution in [0, 0.1) is 0 Å². The number of benzene rings is 2. The number of hydrogen-bond donors (Lipinski definition) is 2. The molecule has 27 heavy (non-hydrogen) atoms. The number of carbonyl (C=O) groups is 2. The van der Waals surface area contributed by atoms with Crippen molar-refractivity contribution in [3.05, 3.63) is 65.0 Å². The third kappa shape index (κ3) is 2.76. The van der Waals surface area contributed by atoms with Crippen LogP contribution in [0.1, 0.15) is 15.9 Å². The first-order valence-corrected chi connectivity index (χ1v) is 9.19. The molecule has 0 saturated carbocycles.